The fraction of sp³-hybridized carbons (Fsp3) is 0.556. The third-order valence-electron chi connectivity index (χ3n) is 5.24. The maximum Gasteiger partial charge on any atom is 0.308 e. The molecule has 2 fully saturated rings. The number of aliphatic carboxylic acids is 1. The molecule has 1 unspecified atom stereocenters. The second kappa shape index (κ2) is 6.49. The fourth-order valence-electron chi connectivity index (χ4n) is 3.70. The van der Waals surface area contributed by atoms with E-state index in [1.54, 1.807) is 11.8 Å². The van der Waals surface area contributed by atoms with Crippen molar-refractivity contribution in [3.05, 3.63) is 35.4 Å². The highest BCUT2D eigenvalue weighted by Crippen LogP contribution is 2.44. The molecular weight excluding hydrogens is 316 g/mol. The van der Waals surface area contributed by atoms with E-state index in [-0.39, 0.29) is 30.7 Å². The average Bonchev–Trinajstić information content (AvgIpc) is 3.24. The number of benzene rings is 1. The number of carboxylic acid groups (broad SMARTS) is 1. The van der Waals surface area contributed by atoms with Crippen molar-refractivity contribution in [1.29, 1.82) is 0 Å². The van der Waals surface area contributed by atoms with Crippen molar-refractivity contribution in [2.24, 2.45) is 17.8 Å². The first-order valence-corrected chi connectivity index (χ1v) is 8.32. The van der Waals surface area contributed by atoms with Gasteiger partial charge in [0.05, 0.1) is 5.92 Å². The molecule has 0 aromatic heterocycles. The third kappa shape index (κ3) is 3.42. The van der Waals surface area contributed by atoms with Crippen molar-refractivity contribution in [3.8, 4) is 0 Å². The predicted molar refractivity (Wildman–Crippen MR) is 83.3 cm³/mol. The van der Waals surface area contributed by atoms with E-state index in [4.69, 9.17) is 0 Å². The lowest BCUT2D eigenvalue weighted by Crippen LogP contribution is -2.30. The van der Waals surface area contributed by atoms with Crippen molar-refractivity contribution in [2.75, 3.05) is 13.1 Å². The monoisotopic (exact) mass is 337 g/mol. The molecule has 0 bridgehead atoms. The number of carbonyl (C=O) groups excluding carboxylic acids is 1. The molecule has 1 aromatic rings. The van der Waals surface area contributed by atoms with Crippen LogP contribution in [0.25, 0.3) is 0 Å². The van der Waals surface area contributed by atoms with Crippen molar-refractivity contribution in [1.82, 2.24) is 4.90 Å². The van der Waals surface area contributed by atoms with Gasteiger partial charge < -0.3 is 10.0 Å². The molecule has 1 aromatic carbocycles. The number of hydrogen-bond acceptors (Lipinski definition) is 2. The van der Waals surface area contributed by atoms with E-state index in [1.165, 1.54) is 12.1 Å². The predicted octanol–water partition coefficient (Wildman–Crippen LogP) is 3.03. The van der Waals surface area contributed by atoms with Gasteiger partial charge in [-0.2, -0.15) is 0 Å². The summed E-state index contributed by atoms with van der Waals surface area (Å²) in [7, 11) is 0. The van der Waals surface area contributed by atoms with Crippen molar-refractivity contribution in [2.45, 2.75) is 32.1 Å². The summed E-state index contributed by atoms with van der Waals surface area (Å²) in [5.74, 6) is -2.76. The number of carbonyl (C=O) groups is 2. The molecule has 3 atom stereocenters. The highest BCUT2D eigenvalue weighted by atomic mass is 19.1. The number of likely N-dealkylation sites (tertiary alicyclic amines) is 1. The van der Waals surface area contributed by atoms with Crippen LogP contribution in [0.4, 0.5) is 8.78 Å². The lowest BCUT2D eigenvalue weighted by atomic mass is 9.92. The molecule has 1 aliphatic carbocycles. The molecule has 1 amide bonds. The Kier molecular flexibility index (Phi) is 4.56. The summed E-state index contributed by atoms with van der Waals surface area (Å²) in [5, 5.41) is 9.36. The van der Waals surface area contributed by atoms with E-state index >= 15 is 0 Å². The zero-order valence-electron chi connectivity index (χ0n) is 13.5. The molecule has 1 heterocycles. The summed E-state index contributed by atoms with van der Waals surface area (Å²) in [4.78, 5) is 25.5. The number of halogens is 2. The van der Waals surface area contributed by atoms with E-state index in [0.717, 1.165) is 18.9 Å². The molecule has 0 spiro atoms. The van der Waals surface area contributed by atoms with Gasteiger partial charge in [0.15, 0.2) is 0 Å². The molecule has 1 saturated heterocycles. The topological polar surface area (TPSA) is 57.6 Å². The Bertz CT molecular complexity index is 660. The Balaban J connectivity index is 1.65. The Hall–Kier alpha value is -1.98. The van der Waals surface area contributed by atoms with Crippen LogP contribution in [0.15, 0.2) is 18.2 Å². The minimum absolute atomic E-state index is 0.0318. The smallest absolute Gasteiger partial charge is 0.308 e. The van der Waals surface area contributed by atoms with Crippen molar-refractivity contribution in [3.63, 3.8) is 0 Å². The molecule has 1 saturated carbocycles. The van der Waals surface area contributed by atoms with E-state index in [1.807, 2.05) is 0 Å². The molecule has 4 nitrogen and oxygen atoms in total. The standard InChI is InChI=1S/C18H21F2NO3/c1-10(13-5-4-12(19)7-16(13)20)6-17(22)21-8-14(11-2-3-11)15(9-21)18(23)24/h4-5,7,10-11,14-15H,2-3,6,8-9H2,1H3,(H,23,24)/t10?,14-,15+/m1/s1. The lowest BCUT2D eigenvalue weighted by Gasteiger charge is -2.19. The summed E-state index contributed by atoms with van der Waals surface area (Å²) in [6.45, 7) is 2.42. The first-order valence-electron chi connectivity index (χ1n) is 8.32. The molecule has 24 heavy (non-hydrogen) atoms. The van der Waals surface area contributed by atoms with E-state index in [2.05, 4.69) is 0 Å². The van der Waals surface area contributed by atoms with E-state index < -0.39 is 23.5 Å². The SMILES string of the molecule is CC(CC(=O)N1C[C@H](C(=O)O)[C@@H](C2CC2)C1)c1ccc(F)cc1F. The maximum absolute atomic E-state index is 13.8. The minimum atomic E-state index is -0.847. The van der Waals surface area contributed by atoms with Gasteiger partial charge >= 0.3 is 5.97 Å². The van der Waals surface area contributed by atoms with Gasteiger partial charge in [0.1, 0.15) is 11.6 Å². The van der Waals surface area contributed by atoms with Gasteiger partial charge in [0.2, 0.25) is 5.91 Å². The Morgan fingerprint density at radius 2 is 2.00 bits per heavy atom. The zero-order chi connectivity index (χ0) is 17.4. The third-order valence-corrected chi connectivity index (χ3v) is 5.24. The van der Waals surface area contributed by atoms with Gasteiger partial charge in [-0.05, 0) is 42.2 Å². The van der Waals surface area contributed by atoms with Crippen LogP contribution in [0.3, 0.4) is 0 Å². The van der Waals surface area contributed by atoms with Crippen molar-refractivity contribution < 1.29 is 23.5 Å². The van der Waals surface area contributed by atoms with Gasteiger partial charge in [-0.25, -0.2) is 8.78 Å². The number of carboxylic acids is 1. The summed E-state index contributed by atoms with van der Waals surface area (Å²) in [5.41, 5.74) is 0.303. The fourth-order valence-corrected chi connectivity index (χ4v) is 3.70. The molecule has 6 heteroatoms. The van der Waals surface area contributed by atoms with Crippen LogP contribution >= 0.6 is 0 Å². The van der Waals surface area contributed by atoms with Crippen LogP contribution in [0.5, 0.6) is 0 Å². The largest absolute Gasteiger partial charge is 0.481 e. The van der Waals surface area contributed by atoms with Crippen LogP contribution in [0, 0.1) is 29.4 Å². The number of nitrogens with zero attached hydrogens (tertiary/aromatic N) is 1. The van der Waals surface area contributed by atoms with Crippen LogP contribution < -0.4 is 0 Å². The van der Waals surface area contributed by atoms with Gasteiger partial charge in [-0.1, -0.05) is 13.0 Å². The number of hydrogen-bond donors (Lipinski definition) is 1. The first kappa shape index (κ1) is 16.9. The highest BCUT2D eigenvalue weighted by Gasteiger charge is 2.46. The second-order valence-corrected chi connectivity index (χ2v) is 7.02. The minimum Gasteiger partial charge on any atom is -0.481 e. The molecule has 1 N–H and O–H groups in total. The summed E-state index contributed by atoms with van der Waals surface area (Å²) in [6, 6.07) is 3.36. The highest BCUT2D eigenvalue weighted by molar-refractivity contribution is 5.79. The quantitative estimate of drug-likeness (QED) is 0.898. The Morgan fingerprint density at radius 3 is 2.58 bits per heavy atom. The Morgan fingerprint density at radius 1 is 1.29 bits per heavy atom. The first-order chi connectivity index (χ1) is 11.4. The Labute approximate surface area is 139 Å². The molecule has 130 valence electrons. The molecule has 3 rings (SSSR count). The van der Waals surface area contributed by atoms with Crippen LogP contribution in [0.2, 0.25) is 0 Å². The molecule has 0 radical (unpaired) electrons. The van der Waals surface area contributed by atoms with Crippen LogP contribution in [-0.4, -0.2) is 35.0 Å². The molecular formula is C18H21F2NO3. The van der Waals surface area contributed by atoms with Gasteiger partial charge in [-0.15, -0.1) is 0 Å². The molecule has 1 aliphatic heterocycles. The average molecular weight is 337 g/mol. The van der Waals surface area contributed by atoms with Gasteiger partial charge in [-0.3, -0.25) is 9.59 Å². The normalized spacial score (nSPS) is 24.9. The summed E-state index contributed by atoms with van der Waals surface area (Å²) in [6.07, 6.45) is 2.16. The summed E-state index contributed by atoms with van der Waals surface area (Å²) >= 11 is 0. The number of amides is 1. The zero-order valence-corrected chi connectivity index (χ0v) is 13.5. The van der Waals surface area contributed by atoms with Gasteiger partial charge in [0.25, 0.3) is 0 Å². The van der Waals surface area contributed by atoms with Crippen molar-refractivity contribution >= 4 is 11.9 Å². The molecule has 2 aliphatic rings. The van der Waals surface area contributed by atoms with Gasteiger partial charge in [0, 0.05) is 25.6 Å². The second-order valence-electron chi connectivity index (χ2n) is 7.02. The lowest BCUT2D eigenvalue weighted by molar-refractivity contribution is -0.142. The van der Waals surface area contributed by atoms with Crippen LogP contribution in [0.1, 0.15) is 37.7 Å². The number of rotatable bonds is 5. The van der Waals surface area contributed by atoms with Crippen LogP contribution in [-0.2, 0) is 9.59 Å². The van der Waals surface area contributed by atoms with E-state index in [9.17, 15) is 23.5 Å². The maximum atomic E-state index is 13.8. The summed E-state index contributed by atoms with van der Waals surface area (Å²) < 4.78 is 26.8. The van der Waals surface area contributed by atoms with E-state index in [0.29, 0.717) is 18.0 Å².